The van der Waals surface area contributed by atoms with Crippen molar-refractivity contribution >= 4 is 12.2 Å². The van der Waals surface area contributed by atoms with Crippen molar-refractivity contribution in [3.63, 3.8) is 0 Å². The van der Waals surface area contributed by atoms with E-state index in [1.165, 1.54) is 6.21 Å². The molecule has 5 nitrogen and oxygen atoms in total. The van der Waals surface area contributed by atoms with Crippen molar-refractivity contribution in [2.75, 3.05) is 6.61 Å². The fraction of sp³-hybridized carbons (Fsp3) is 0.467. The predicted octanol–water partition coefficient (Wildman–Crippen LogP) is 2.34. The molecular formula is C15H19NO4. The lowest BCUT2D eigenvalue weighted by molar-refractivity contribution is -0.145. The van der Waals surface area contributed by atoms with E-state index in [9.17, 15) is 4.79 Å². The van der Waals surface area contributed by atoms with Crippen molar-refractivity contribution in [2.45, 2.75) is 38.7 Å². The standard InChI is InChI=1S/C15H19NO4/c1-2-19-15(17)10-13-5-4-12-9-11(7-8-16-18)3-6-14(12)20-13/h3,6,8-9,13,18H,2,4-5,7,10H2,1H3/t13-/m1/s1. The van der Waals surface area contributed by atoms with E-state index < -0.39 is 0 Å². The van der Waals surface area contributed by atoms with Gasteiger partial charge in [0.05, 0.1) is 13.0 Å². The lowest BCUT2D eigenvalue weighted by Gasteiger charge is -2.25. The minimum atomic E-state index is -0.211. The first-order valence-corrected chi connectivity index (χ1v) is 6.83. The highest BCUT2D eigenvalue weighted by Crippen LogP contribution is 2.29. The van der Waals surface area contributed by atoms with Gasteiger partial charge < -0.3 is 14.7 Å². The molecule has 0 amide bonds. The molecule has 0 bridgehead atoms. The third kappa shape index (κ3) is 3.73. The topological polar surface area (TPSA) is 68.1 Å². The Morgan fingerprint density at radius 2 is 2.45 bits per heavy atom. The first-order chi connectivity index (χ1) is 9.72. The lowest BCUT2D eigenvalue weighted by atomic mass is 9.98. The van der Waals surface area contributed by atoms with Gasteiger partial charge in [0.2, 0.25) is 0 Å². The first-order valence-electron chi connectivity index (χ1n) is 6.83. The van der Waals surface area contributed by atoms with Gasteiger partial charge in [0, 0.05) is 12.6 Å². The molecular weight excluding hydrogens is 258 g/mol. The van der Waals surface area contributed by atoms with Gasteiger partial charge >= 0.3 is 5.97 Å². The summed E-state index contributed by atoms with van der Waals surface area (Å²) in [6.45, 7) is 2.20. The van der Waals surface area contributed by atoms with Gasteiger partial charge in [-0.25, -0.2) is 0 Å². The van der Waals surface area contributed by atoms with E-state index >= 15 is 0 Å². The maximum absolute atomic E-state index is 11.5. The highest BCUT2D eigenvalue weighted by Gasteiger charge is 2.22. The average Bonchev–Trinajstić information content (AvgIpc) is 2.45. The lowest BCUT2D eigenvalue weighted by Crippen LogP contribution is -2.26. The maximum atomic E-state index is 11.5. The number of carbonyl (C=O) groups is 1. The Balaban J connectivity index is 1.98. The average molecular weight is 277 g/mol. The Kier molecular flexibility index (Phi) is 4.98. The number of hydrogen-bond donors (Lipinski definition) is 1. The predicted molar refractivity (Wildman–Crippen MR) is 74.4 cm³/mol. The first kappa shape index (κ1) is 14.4. The number of hydrogen-bond acceptors (Lipinski definition) is 5. The quantitative estimate of drug-likeness (QED) is 0.388. The molecule has 1 aliphatic rings. The van der Waals surface area contributed by atoms with Gasteiger partial charge in [-0.2, -0.15) is 0 Å². The minimum absolute atomic E-state index is 0.105. The molecule has 1 aromatic carbocycles. The number of aryl methyl sites for hydroxylation is 1. The Bertz CT molecular complexity index is 499. The van der Waals surface area contributed by atoms with Crippen LogP contribution in [-0.2, 0) is 22.4 Å². The number of benzene rings is 1. The van der Waals surface area contributed by atoms with Gasteiger partial charge in [-0.1, -0.05) is 12.1 Å². The summed E-state index contributed by atoms with van der Waals surface area (Å²) in [5, 5.41) is 11.4. The molecule has 1 N–H and O–H groups in total. The van der Waals surface area contributed by atoms with Gasteiger partial charge in [-0.15, -0.1) is 5.16 Å². The summed E-state index contributed by atoms with van der Waals surface area (Å²) in [6.07, 6.45) is 3.93. The second-order valence-electron chi connectivity index (χ2n) is 4.73. The van der Waals surface area contributed by atoms with E-state index in [2.05, 4.69) is 11.2 Å². The Morgan fingerprint density at radius 3 is 3.20 bits per heavy atom. The molecule has 0 unspecified atom stereocenters. The number of oxime groups is 1. The van der Waals surface area contributed by atoms with Gasteiger partial charge in [0.25, 0.3) is 0 Å². The zero-order valence-corrected chi connectivity index (χ0v) is 11.5. The van der Waals surface area contributed by atoms with Crippen LogP contribution in [0.1, 0.15) is 30.9 Å². The van der Waals surface area contributed by atoms with Crippen LogP contribution in [0.2, 0.25) is 0 Å². The Morgan fingerprint density at radius 1 is 1.60 bits per heavy atom. The van der Waals surface area contributed by atoms with E-state index in [4.69, 9.17) is 14.7 Å². The molecule has 20 heavy (non-hydrogen) atoms. The second-order valence-corrected chi connectivity index (χ2v) is 4.73. The third-order valence-electron chi connectivity index (χ3n) is 3.26. The summed E-state index contributed by atoms with van der Waals surface area (Å²) in [5.74, 6) is 0.618. The van der Waals surface area contributed by atoms with Crippen LogP contribution >= 0.6 is 0 Å². The van der Waals surface area contributed by atoms with Crippen molar-refractivity contribution in [3.05, 3.63) is 29.3 Å². The number of ether oxygens (including phenoxy) is 2. The van der Waals surface area contributed by atoms with Crippen LogP contribution < -0.4 is 4.74 Å². The molecule has 0 saturated heterocycles. The third-order valence-corrected chi connectivity index (χ3v) is 3.26. The molecule has 1 aliphatic heterocycles. The molecule has 0 radical (unpaired) electrons. The molecule has 5 heteroatoms. The SMILES string of the molecule is CCOC(=O)C[C@H]1CCc2cc(CC=NO)ccc2O1. The molecule has 1 atom stereocenters. The van der Waals surface area contributed by atoms with Crippen LogP contribution in [0, 0.1) is 0 Å². The zero-order valence-electron chi connectivity index (χ0n) is 11.5. The summed E-state index contributed by atoms with van der Waals surface area (Å²) in [4.78, 5) is 11.5. The zero-order chi connectivity index (χ0) is 14.4. The van der Waals surface area contributed by atoms with Crippen LogP contribution in [-0.4, -0.2) is 30.1 Å². The Labute approximate surface area is 118 Å². The summed E-state index contributed by atoms with van der Waals surface area (Å²) in [7, 11) is 0. The summed E-state index contributed by atoms with van der Waals surface area (Å²) >= 11 is 0. The van der Waals surface area contributed by atoms with Gasteiger partial charge in [0.1, 0.15) is 11.9 Å². The van der Waals surface area contributed by atoms with E-state index in [1.54, 1.807) is 6.92 Å². The number of rotatable bonds is 5. The number of nitrogens with zero attached hydrogens (tertiary/aromatic N) is 1. The van der Waals surface area contributed by atoms with E-state index in [1.807, 2.05) is 12.1 Å². The molecule has 0 spiro atoms. The fourth-order valence-electron chi connectivity index (χ4n) is 2.32. The van der Waals surface area contributed by atoms with Crippen LogP contribution in [0.25, 0.3) is 0 Å². The van der Waals surface area contributed by atoms with Crippen LogP contribution in [0.4, 0.5) is 0 Å². The van der Waals surface area contributed by atoms with Crippen molar-refractivity contribution in [1.82, 2.24) is 0 Å². The van der Waals surface area contributed by atoms with E-state index in [0.717, 1.165) is 29.7 Å². The highest BCUT2D eigenvalue weighted by molar-refractivity contribution is 5.70. The Hall–Kier alpha value is -2.04. The normalized spacial score (nSPS) is 17.6. The fourth-order valence-corrected chi connectivity index (χ4v) is 2.32. The van der Waals surface area contributed by atoms with Crippen molar-refractivity contribution in [3.8, 4) is 5.75 Å². The van der Waals surface area contributed by atoms with Crippen molar-refractivity contribution in [1.29, 1.82) is 0 Å². The van der Waals surface area contributed by atoms with Crippen LogP contribution in [0.3, 0.4) is 0 Å². The van der Waals surface area contributed by atoms with E-state index in [0.29, 0.717) is 19.4 Å². The molecule has 1 aromatic rings. The monoisotopic (exact) mass is 277 g/mol. The number of fused-ring (bicyclic) bond motifs is 1. The highest BCUT2D eigenvalue weighted by atomic mass is 16.5. The second kappa shape index (κ2) is 6.93. The summed E-state index contributed by atoms with van der Waals surface area (Å²) < 4.78 is 10.8. The minimum Gasteiger partial charge on any atom is -0.490 e. The van der Waals surface area contributed by atoms with Gasteiger partial charge in [-0.3, -0.25) is 4.79 Å². The van der Waals surface area contributed by atoms with Crippen LogP contribution in [0.5, 0.6) is 5.75 Å². The molecule has 0 aromatic heterocycles. The molecule has 0 fully saturated rings. The smallest absolute Gasteiger partial charge is 0.309 e. The van der Waals surface area contributed by atoms with Gasteiger partial charge in [0.15, 0.2) is 0 Å². The van der Waals surface area contributed by atoms with Crippen LogP contribution in [0.15, 0.2) is 23.4 Å². The van der Waals surface area contributed by atoms with E-state index in [-0.39, 0.29) is 12.1 Å². The molecule has 108 valence electrons. The number of carbonyl (C=O) groups excluding carboxylic acids is 1. The molecule has 2 rings (SSSR count). The molecule has 1 heterocycles. The maximum Gasteiger partial charge on any atom is 0.309 e. The van der Waals surface area contributed by atoms with Crippen molar-refractivity contribution in [2.24, 2.45) is 5.16 Å². The number of esters is 1. The summed E-state index contributed by atoms with van der Waals surface area (Å²) in [5.41, 5.74) is 2.21. The molecule has 0 aliphatic carbocycles. The van der Waals surface area contributed by atoms with Gasteiger partial charge in [-0.05, 0) is 37.0 Å². The summed E-state index contributed by atoms with van der Waals surface area (Å²) in [6, 6.07) is 5.90. The van der Waals surface area contributed by atoms with Crippen molar-refractivity contribution < 1.29 is 19.5 Å². The largest absolute Gasteiger partial charge is 0.490 e. The molecule has 0 saturated carbocycles.